The second-order valence-electron chi connectivity index (χ2n) is 8.33. The Hall–Kier alpha value is -2.57. The van der Waals surface area contributed by atoms with Gasteiger partial charge in [-0.2, -0.15) is 0 Å². The van der Waals surface area contributed by atoms with Crippen LogP contribution in [0.25, 0.3) is 0 Å². The van der Waals surface area contributed by atoms with Crippen molar-refractivity contribution in [2.75, 3.05) is 6.61 Å². The Labute approximate surface area is 173 Å². The minimum absolute atomic E-state index is 0.177. The van der Waals surface area contributed by atoms with Crippen molar-refractivity contribution < 1.29 is 23.9 Å². The summed E-state index contributed by atoms with van der Waals surface area (Å²) in [7, 11) is 0. The molecule has 0 heterocycles. The van der Waals surface area contributed by atoms with Crippen LogP contribution in [0.3, 0.4) is 0 Å². The van der Waals surface area contributed by atoms with Crippen LogP contribution in [-0.4, -0.2) is 42.3 Å². The lowest BCUT2D eigenvalue weighted by Gasteiger charge is -2.25. The van der Waals surface area contributed by atoms with Gasteiger partial charge in [0.05, 0.1) is 6.61 Å². The quantitative estimate of drug-likeness (QED) is 0.614. The van der Waals surface area contributed by atoms with E-state index in [9.17, 15) is 14.4 Å². The predicted octanol–water partition coefficient (Wildman–Crippen LogP) is 3.22. The molecule has 0 aliphatic heterocycles. The fourth-order valence-electron chi connectivity index (χ4n) is 2.71. The molecule has 0 unspecified atom stereocenters. The van der Waals surface area contributed by atoms with E-state index in [0.29, 0.717) is 6.42 Å². The monoisotopic (exact) mass is 406 g/mol. The minimum atomic E-state index is -0.892. The van der Waals surface area contributed by atoms with Crippen LogP contribution >= 0.6 is 0 Å². The van der Waals surface area contributed by atoms with Gasteiger partial charge in [-0.05, 0) is 45.6 Å². The molecule has 2 N–H and O–H groups in total. The number of hydrogen-bond donors (Lipinski definition) is 2. The average Bonchev–Trinajstić information content (AvgIpc) is 2.59. The topological polar surface area (TPSA) is 93.7 Å². The molecule has 0 radical (unpaired) electrons. The first-order chi connectivity index (χ1) is 13.5. The smallest absolute Gasteiger partial charge is 0.408 e. The summed E-state index contributed by atoms with van der Waals surface area (Å²) in [6, 6.07) is 7.66. The van der Waals surface area contributed by atoms with Gasteiger partial charge in [-0.25, -0.2) is 9.59 Å². The van der Waals surface area contributed by atoms with E-state index in [1.165, 1.54) is 0 Å². The SMILES string of the molecule is CCOC(=O)[C@H](CC(C)C)NC(=O)[C@@H](Cc1ccccc1)NC(=O)OC(C)(C)C. The summed E-state index contributed by atoms with van der Waals surface area (Å²) in [5, 5.41) is 5.36. The van der Waals surface area contributed by atoms with Gasteiger partial charge in [0.1, 0.15) is 17.7 Å². The van der Waals surface area contributed by atoms with Crippen LogP contribution in [0.4, 0.5) is 4.79 Å². The predicted molar refractivity (Wildman–Crippen MR) is 111 cm³/mol. The zero-order valence-electron chi connectivity index (χ0n) is 18.3. The number of rotatable bonds is 9. The molecule has 1 rings (SSSR count). The van der Waals surface area contributed by atoms with Crippen molar-refractivity contribution in [1.29, 1.82) is 0 Å². The maximum Gasteiger partial charge on any atom is 0.408 e. The van der Waals surface area contributed by atoms with Crippen LogP contribution in [0.2, 0.25) is 0 Å². The molecule has 0 bridgehead atoms. The van der Waals surface area contributed by atoms with Crippen LogP contribution in [0.5, 0.6) is 0 Å². The minimum Gasteiger partial charge on any atom is -0.464 e. The molecule has 0 saturated carbocycles. The normalized spacial score (nSPS) is 13.3. The molecule has 0 aliphatic carbocycles. The summed E-state index contributed by atoms with van der Waals surface area (Å²) in [6.45, 7) is 11.1. The lowest BCUT2D eigenvalue weighted by atomic mass is 10.0. The Bertz CT molecular complexity index is 668. The van der Waals surface area contributed by atoms with Crippen molar-refractivity contribution in [2.24, 2.45) is 5.92 Å². The average molecular weight is 407 g/mol. The van der Waals surface area contributed by atoms with E-state index >= 15 is 0 Å². The summed E-state index contributed by atoms with van der Waals surface area (Å²) in [5.41, 5.74) is 0.184. The molecule has 2 atom stereocenters. The van der Waals surface area contributed by atoms with Gasteiger partial charge in [0, 0.05) is 6.42 Å². The molecule has 2 amide bonds. The largest absolute Gasteiger partial charge is 0.464 e. The molecule has 1 aromatic carbocycles. The van der Waals surface area contributed by atoms with Crippen molar-refractivity contribution in [1.82, 2.24) is 10.6 Å². The number of carbonyl (C=O) groups excluding carboxylic acids is 3. The molecule has 7 heteroatoms. The van der Waals surface area contributed by atoms with Crippen molar-refractivity contribution >= 4 is 18.0 Å². The molecule has 7 nitrogen and oxygen atoms in total. The number of ether oxygens (including phenoxy) is 2. The maximum atomic E-state index is 13.0. The molecular weight excluding hydrogens is 372 g/mol. The highest BCUT2D eigenvalue weighted by atomic mass is 16.6. The van der Waals surface area contributed by atoms with Crippen molar-refractivity contribution in [3.8, 4) is 0 Å². The van der Waals surface area contributed by atoms with Crippen molar-refractivity contribution in [2.45, 2.75) is 72.1 Å². The molecule has 0 spiro atoms. The summed E-state index contributed by atoms with van der Waals surface area (Å²) in [4.78, 5) is 37.5. The molecule has 0 fully saturated rings. The van der Waals surface area contributed by atoms with Crippen LogP contribution in [-0.2, 0) is 25.5 Å². The number of alkyl carbamates (subject to hydrolysis) is 1. The Kier molecular flexibility index (Phi) is 9.65. The third kappa shape index (κ3) is 9.96. The van der Waals surface area contributed by atoms with Gasteiger partial charge in [0.25, 0.3) is 0 Å². The maximum absolute atomic E-state index is 13.0. The number of hydrogen-bond acceptors (Lipinski definition) is 5. The second kappa shape index (κ2) is 11.4. The number of amides is 2. The van der Waals surface area contributed by atoms with Gasteiger partial charge in [0.2, 0.25) is 5.91 Å². The third-order valence-corrected chi connectivity index (χ3v) is 3.88. The Morgan fingerprint density at radius 1 is 1.00 bits per heavy atom. The Morgan fingerprint density at radius 3 is 2.14 bits per heavy atom. The van der Waals surface area contributed by atoms with Gasteiger partial charge in [-0.15, -0.1) is 0 Å². The zero-order chi connectivity index (χ0) is 22.0. The van der Waals surface area contributed by atoms with Crippen LogP contribution in [0, 0.1) is 5.92 Å². The third-order valence-electron chi connectivity index (χ3n) is 3.88. The van der Waals surface area contributed by atoms with Gasteiger partial charge >= 0.3 is 12.1 Å². The highest BCUT2D eigenvalue weighted by Crippen LogP contribution is 2.11. The van der Waals surface area contributed by atoms with E-state index in [1.807, 2.05) is 44.2 Å². The number of benzene rings is 1. The first-order valence-electron chi connectivity index (χ1n) is 10.0. The molecule has 162 valence electrons. The van der Waals surface area contributed by atoms with E-state index in [1.54, 1.807) is 27.7 Å². The summed E-state index contributed by atoms with van der Waals surface area (Å²) >= 11 is 0. The highest BCUT2D eigenvalue weighted by molar-refractivity contribution is 5.90. The van der Waals surface area contributed by atoms with Gasteiger partial charge in [0.15, 0.2) is 0 Å². The van der Waals surface area contributed by atoms with Gasteiger partial charge < -0.3 is 20.1 Å². The van der Waals surface area contributed by atoms with Gasteiger partial charge in [-0.1, -0.05) is 44.2 Å². The van der Waals surface area contributed by atoms with Gasteiger partial charge in [-0.3, -0.25) is 4.79 Å². The van der Waals surface area contributed by atoms with Crippen molar-refractivity contribution in [3.05, 3.63) is 35.9 Å². The fraction of sp³-hybridized carbons (Fsp3) is 0.591. The molecule has 29 heavy (non-hydrogen) atoms. The lowest BCUT2D eigenvalue weighted by Crippen LogP contribution is -2.53. The van der Waals surface area contributed by atoms with Crippen LogP contribution in [0.15, 0.2) is 30.3 Å². The van der Waals surface area contributed by atoms with E-state index in [0.717, 1.165) is 5.56 Å². The number of esters is 1. The second-order valence-corrected chi connectivity index (χ2v) is 8.33. The summed E-state index contributed by atoms with van der Waals surface area (Å²) in [6.07, 6.45) is 0.0169. The van der Waals surface area contributed by atoms with E-state index < -0.39 is 35.7 Å². The standard InChI is InChI=1S/C22H34N2O5/c1-7-28-20(26)18(13-15(2)3)23-19(25)17(14-16-11-9-8-10-12-16)24-21(27)29-22(4,5)6/h8-12,15,17-18H,7,13-14H2,1-6H3,(H,23,25)(H,24,27)/t17-,18+/m1/s1. The highest BCUT2D eigenvalue weighted by Gasteiger charge is 2.29. The first kappa shape index (κ1) is 24.5. The van der Waals surface area contributed by atoms with E-state index in [2.05, 4.69) is 10.6 Å². The number of carbonyl (C=O) groups is 3. The van der Waals surface area contributed by atoms with E-state index in [-0.39, 0.29) is 18.9 Å². The Balaban J connectivity index is 2.97. The Morgan fingerprint density at radius 2 is 1.62 bits per heavy atom. The molecule has 0 aromatic heterocycles. The van der Waals surface area contributed by atoms with E-state index in [4.69, 9.17) is 9.47 Å². The number of nitrogens with one attached hydrogen (secondary N) is 2. The van der Waals surface area contributed by atoms with Crippen LogP contribution < -0.4 is 10.6 Å². The molecular formula is C22H34N2O5. The fourth-order valence-corrected chi connectivity index (χ4v) is 2.71. The molecule has 1 aromatic rings. The summed E-state index contributed by atoms with van der Waals surface area (Å²) in [5.74, 6) is -0.764. The van der Waals surface area contributed by atoms with Crippen molar-refractivity contribution in [3.63, 3.8) is 0 Å². The first-order valence-corrected chi connectivity index (χ1v) is 10.0. The zero-order valence-corrected chi connectivity index (χ0v) is 18.3. The molecule has 0 aliphatic rings. The molecule has 0 saturated heterocycles. The van der Waals surface area contributed by atoms with Crippen LogP contribution in [0.1, 0.15) is 53.5 Å². The summed E-state index contributed by atoms with van der Waals surface area (Å²) < 4.78 is 10.4. The lowest BCUT2D eigenvalue weighted by molar-refractivity contribution is -0.148.